The summed E-state index contributed by atoms with van der Waals surface area (Å²) in [6, 6.07) is 14.8. The van der Waals surface area contributed by atoms with Gasteiger partial charge in [-0.15, -0.1) is 0 Å². The van der Waals surface area contributed by atoms with Gasteiger partial charge in [-0.05, 0) is 64.8 Å². The van der Waals surface area contributed by atoms with Crippen LogP contribution in [0.5, 0.6) is 5.75 Å². The largest absolute Gasteiger partial charge is 0.485 e. The number of urea groups is 1. The number of para-hydroxylation sites is 1. The fourth-order valence-corrected chi connectivity index (χ4v) is 5.31. The highest BCUT2D eigenvalue weighted by Crippen LogP contribution is 2.43. The summed E-state index contributed by atoms with van der Waals surface area (Å²) in [7, 11) is 0. The number of Topliss-reactive ketones (excluding diaryl/α,β-unsaturated/α-hetero) is 1. The van der Waals surface area contributed by atoms with Crippen molar-refractivity contribution in [3.8, 4) is 5.75 Å². The first kappa shape index (κ1) is 28.1. The van der Waals surface area contributed by atoms with Crippen molar-refractivity contribution in [1.82, 2.24) is 4.90 Å². The van der Waals surface area contributed by atoms with Crippen LogP contribution in [0.2, 0.25) is 0 Å². The second-order valence-corrected chi connectivity index (χ2v) is 10.7. The molecule has 1 N–H and O–H groups in total. The van der Waals surface area contributed by atoms with Crippen LogP contribution in [0.3, 0.4) is 0 Å². The molecule has 0 radical (unpaired) electrons. The molecule has 214 valence electrons. The Hall–Kier alpha value is -3.47. The summed E-state index contributed by atoms with van der Waals surface area (Å²) in [6.45, 7) is 7.03. The number of carbonyl (C=O) groups excluding carboxylic acids is 3. The minimum atomic E-state index is -0.884. The number of anilines is 1. The number of ether oxygens (including phenoxy) is 5. The van der Waals surface area contributed by atoms with Crippen LogP contribution >= 0.6 is 0 Å². The van der Waals surface area contributed by atoms with Crippen LogP contribution in [-0.4, -0.2) is 71.8 Å². The molecule has 2 amide bonds. The maximum absolute atomic E-state index is 13.8. The number of benzene rings is 2. The topological polar surface area (TPSA) is 113 Å². The molecule has 5 atom stereocenters. The van der Waals surface area contributed by atoms with Gasteiger partial charge in [0.2, 0.25) is 0 Å². The summed E-state index contributed by atoms with van der Waals surface area (Å²) < 4.78 is 30.4. The van der Waals surface area contributed by atoms with Gasteiger partial charge >= 0.3 is 12.0 Å². The molecule has 2 aromatic carbocycles. The van der Waals surface area contributed by atoms with Crippen molar-refractivity contribution in [1.29, 1.82) is 0 Å². The zero-order valence-electron chi connectivity index (χ0n) is 23.2. The van der Waals surface area contributed by atoms with Crippen molar-refractivity contribution in [3.05, 3.63) is 60.2 Å². The Balaban J connectivity index is 1.47. The van der Waals surface area contributed by atoms with Crippen LogP contribution in [0, 0.1) is 0 Å². The van der Waals surface area contributed by atoms with Gasteiger partial charge in [0, 0.05) is 17.3 Å². The molecule has 2 aromatic rings. The van der Waals surface area contributed by atoms with E-state index in [9.17, 15) is 14.4 Å². The van der Waals surface area contributed by atoms with Gasteiger partial charge in [0.25, 0.3) is 0 Å². The summed E-state index contributed by atoms with van der Waals surface area (Å²) in [6.07, 6.45) is -1.30. The van der Waals surface area contributed by atoms with Crippen LogP contribution in [0.15, 0.2) is 54.6 Å². The zero-order valence-corrected chi connectivity index (χ0v) is 23.2. The average molecular weight is 553 g/mol. The monoisotopic (exact) mass is 552 g/mol. The Morgan fingerprint density at radius 3 is 2.50 bits per heavy atom. The molecule has 5 rings (SSSR count). The van der Waals surface area contributed by atoms with Crippen molar-refractivity contribution in [2.24, 2.45) is 0 Å². The number of rotatable bonds is 10. The Kier molecular flexibility index (Phi) is 8.11. The number of carbonyl (C=O) groups is 3. The zero-order chi connectivity index (χ0) is 28.4. The second kappa shape index (κ2) is 11.6. The van der Waals surface area contributed by atoms with E-state index in [1.807, 2.05) is 30.3 Å². The molecule has 0 spiro atoms. The van der Waals surface area contributed by atoms with E-state index in [0.29, 0.717) is 17.0 Å². The molecule has 2 heterocycles. The summed E-state index contributed by atoms with van der Waals surface area (Å²) in [5, 5.41) is 2.92. The highest BCUT2D eigenvalue weighted by molar-refractivity contribution is 5.97. The van der Waals surface area contributed by atoms with Gasteiger partial charge in [-0.1, -0.05) is 30.3 Å². The van der Waals surface area contributed by atoms with E-state index in [1.165, 1.54) is 6.92 Å². The number of hydrogen-bond donors (Lipinski definition) is 1. The predicted molar refractivity (Wildman–Crippen MR) is 145 cm³/mol. The molecule has 1 aliphatic carbocycles. The predicted octanol–water partition coefficient (Wildman–Crippen LogP) is 4.53. The normalized spacial score (nSPS) is 25.5. The lowest BCUT2D eigenvalue weighted by molar-refractivity contribution is -0.220. The Morgan fingerprint density at radius 1 is 1.07 bits per heavy atom. The molecule has 2 aliphatic heterocycles. The molecule has 1 unspecified atom stereocenters. The number of ketones is 1. The molecule has 40 heavy (non-hydrogen) atoms. The maximum atomic E-state index is 13.8. The lowest BCUT2D eigenvalue weighted by atomic mass is 9.98. The summed E-state index contributed by atoms with van der Waals surface area (Å²) in [4.78, 5) is 40.3. The molecular formula is C30H36N2O8. The van der Waals surface area contributed by atoms with E-state index in [2.05, 4.69) is 5.32 Å². The van der Waals surface area contributed by atoms with Gasteiger partial charge in [0.1, 0.15) is 11.9 Å². The van der Waals surface area contributed by atoms with Crippen LogP contribution in [0.25, 0.3) is 0 Å². The second-order valence-electron chi connectivity index (χ2n) is 10.7. The lowest BCUT2D eigenvalue weighted by Crippen LogP contribution is -2.56. The first-order chi connectivity index (χ1) is 19.1. The van der Waals surface area contributed by atoms with E-state index in [4.69, 9.17) is 23.7 Å². The van der Waals surface area contributed by atoms with Crippen LogP contribution in [-0.2, 0) is 23.7 Å². The Bertz CT molecular complexity index is 1230. The van der Waals surface area contributed by atoms with Crippen LogP contribution < -0.4 is 10.1 Å². The number of hydrogen-bond acceptors (Lipinski definition) is 8. The van der Waals surface area contributed by atoms with Crippen molar-refractivity contribution in [2.75, 3.05) is 11.9 Å². The SMILES string of the molecule is CCOC(=O)C[C@@H](C1O[C@@H]2OC(C)(C)O[C@@H]2[C@H]1Oc1ccccc1)N(C(=O)Nc1cccc(C(C)=O)c1)C1CC1. The highest BCUT2D eigenvalue weighted by Gasteiger charge is 2.60. The molecule has 10 nitrogen and oxygen atoms in total. The third kappa shape index (κ3) is 6.29. The van der Waals surface area contributed by atoms with E-state index in [-0.39, 0.29) is 24.9 Å². The Labute approximate surface area is 233 Å². The van der Waals surface area contributed by atoms with Gasteiger partial charge in [0.15, 0.2) is 30.1 Å². The molecule has 3 aliphatic rings. The minimum Gasteiger partial charge on any atom is -0.485 e. The van der Waals surface area contributed by atoms with Crippen LogP contribution in [0.1, 0.15) is 57.3 Å². The molecular weight excluding hydrogens is 516 g/mol. The summed E-state index contributed by atoms with van der Waals surface area (Å²) in [5.41, 5.74) is 0.965. The Morgan fingerprint density at radius 2 is 1.82 bits per heavy atom. The quantitative estimate of drug-likeness (QED) is 0.338. The molecule has 1 saturated carbocycles. The highest BCUT2D eigenvalue weighted by atomic mass is 16.8. The van der Waals surface area contributed by atoms with Crippen molar-refractivity contribution in [3.63, 3.8) is 0 Å². The van der Waals surface area contributed by atoms with E-state index in [0.717, 1.165) is 12.8 Å². The number of nitrogens with zero attached hydrogens (tertiary/aromatic N) is 1. The number of nitrogens with one attached hydrogen (secondary N) is 1. The average Bonchev–Trinajstić information content (AvgIpc) is 3.62. The number of esters is 1. The van der Waals surface area contributed by atoms with Gasteiger partial charge < -0.3 is 33.9 Å². The first-order valence-electron chi connectivity index (χ1n) is 13.7. The summed E-state index contributed by atoms with van der Waals surface area (Å²) in [5.74, 6) is -0.839. The number of fused-ring (bicyclic) bond motifs is 1. The smallest absolute Gasteiger partial charge is 0.322 e. The molecule has 10 heteroatoms. The fourth-order valence-electron chi connectivity index (χ4n) is 5.31. The molecule has 3 fully saturated rings. The van der Waals surface area contributed by atoms with Crippen molar-refractivity contribution in [2.45, 2.75) is 89.4 Å². The fraction of sp³-hybridized carbons (Fsp3) is 0.500. The van der Waals surface area contributed by atoms with E-state index < -0.39 is 48.4 Å². The van der Waals surface area contributed by atoms with Gasteiger partial charge in [-0.25, -0.2) is 4.79 Å². The molecule has 0 bridgehead atoms. The third-order valence-electron chi connectivity index (χ3n) is 7.16. The number of amides is 2. The van der Waals surface area contributed by atoms with E-state index in [1.54, 1.807) is 49.9 Å². The summed E-state index contributed by atoms with van der Waals surface area (Å²) >= 11 is 0. The van der Waals surface area contributed by atoms with E-state index >= 15 is 0 Å². The van der Waals surface area contributed by atoms with Gasteiger partial charge in [-0.2, -0.15) is 0 Å². The maximum Gasteiger partial charge on any atom is 0.322 e. The van der Waals surface area contributed by atoms with Gasteiger partial charge in [0.05, 0.1) is 19.1 Å². The minimum absolute atomic E-state index is 0.102. The first-order valence-corrected chi connectivity index (χ1v) is 13.7. The molecule has 2 saturated heterocycles. The van der Waals surface area contributed by atoms with Crippen LogP contribution in [0.4, 0.5) is 10.5 Å². The van der Waals surface area contributed by atoms with Crippen molar-refractivity contribution < 1.29 is 38.1 Å². The lowest BCUT2D eigenvalue weighted by Gasteiger charge is -2.38. The third-order valence-corrected chi connectivity index (χ3v) is 7.16. The standard InChI is InChI=1S/C30H36N2O8/c1-5-36-24(34)17-23(32(21-14-15-21)29(35)31-20-11-9-10-19(16-20)18(2)33)25-26(37-22-12-7-6-8-13-22)27-28(38-25)40-30(3,4)39-27/h6-13,16,21,23,25-28H,5,14-15,17H2,1-4H3,(H,31,35)/t23-,25?,26-,27+,28+/m0/s1. The molecule has 0 aromatic heterocycles. The van der Waals surface area contributed by atoms with Crippen molar-refractivity contribution >= 4 is 23.5 Å². The van der Waals surface area contributed by atoms with Gasteiger partial charge in [-0.3, -0.25) is 9.59 Å².